The van der Waals surface area contributed by atoms with Gasteiger partial charge in [0.05, 0.1) is 12.5 Å². The van der Waals surface area contributed by atoms with E-state index in [0.29, 0.717) is 0 Å². The SMILES string of the molecule is Cc1ccc(-c2ccoc2)cc1C1C(=O)C(C)(C)OC(C)(C)C1=O. The van der Waals surface area contributed by atoms with E-state index in [-0.39, 0.29) is 11.6 Å². The Hall–Kier alpha value is -2.20. The summed E-state index contributed by atoms with van der Waals surface area (Å²) >= 11 is 0. The Kier molecular flexibility index (Phi) is 3.76. The van der Waals surface area contributed by atoms with Crippen molar-refractivity contribution in [3.8, 4) is 11.1 Å². The standard InChI is InChI=1S/C20H22O4/c1-12-6-7-13(14-8-9-23-11-14)10-15(12)16-17(21)19(2,3)24-20(4,5)18(16)22/h6-11,16H,1-5H3. The molecule has 2 aromatic rings. The van der Waals surface area contributed by atoms with Crippen molar-refractivity contribution in [2.75, 3.05) is 0 Å². The smallest absolute Gasteiger partial charge is 0.179 e. The number of rotatable bonds is 2. The molecule has 1 aromatic carbocycles. The van der Waals surface area contributed by atoms with Gasteiger partial charge in [-0.25, -0.2) is 0 Å². The summed E-state index contributed by atoms with van der Waals surface area (Å²) in [6.45, 7) is 8.83. The van der Waals surface area contributed by atoms with Crippen LogP contribution in [0.15, 0.2) is 41.2 Å². The van der Waals surface area contributed by atoms with E-state index in [9.17, 15) is 9.59 Å². The molecule has 24 heavy (non-hydrogen) atoms. The molecule has 0 atom stereocenters. The number of carbonyl (C=O) groups excluding carboxylic acids is 2. The van der Waals surface area contributed by atoms with Crippen LogP contribution in [0.5, 0.6) is 0 Å². The fraction of sp³-hybridized carbons (Fsp3) is 0.400. The van der Waals surface area contributed by atoms with Gasteiger partial charge >= 0.3 is 0 Å². The summed E-state index contributed by atoms with van der Waals surface area (Å²) in [5.41, 5.74) is 1.50. The van der Waals surface area contributed by atoms with E-state index in [1.54, 1.807) is 40.2 Å². The average Bonchev–Trinajstić information content (AvgIpc) is 3.01. The van der Waals surface area contributed by atoms with Gasteiger partial charge < -0.3 is 9.15 Å². The van der Waals surface area contributed by atoms with Gasteiger partial charge in [0, 0.05) is 5.56 Å². The van der Waals surface area contributed by atoms with E-state index in [1.165, 1.54) is 0 Å². The van der Waals surface area contributed by atoms with Gasteiger partial charge in [-0.05, 0) is 63.4 Å². The molecule has 4 nitrogen and oxygen atoms in total. The van der Waals surface area contributed by atoms with E-state index in [4.69, 9.17) is 9.15 Å². The number of Topliss-reactive ketones (excluding diaryl/α,β-unsaturated/α-hetero) is 2. The molecule has 1 aliphatic rings. The van der Waals surface area contributed by atoms with Gasteiger partial charge in [0.15, 0.2) is 11.6 Å². The second-order valence-electron chi connectivity index (χ2n) is 7.37. The van der Waals surface area contributed by atoms with Gasteiger partial charge in [-0.15, -0.1) is 0 Å². The van der Waals surface area contributed by atoms with Crippen LogP contribution in [0.2, 0.25) is 0 Å². The van der Waals surface area contributed by atoms with Crippen molar-refractivity contribution >= 4 is 11.6 Å². The highest BCUT2D eigenvalue weighted by Gasteiger charge is 2.53. The van der Waals surface area contributed by atoms with Crippen LogP contribution >= 0.6 is 0 Å². The molecular weight excluding hydrogens is 304 g/mol. The number of hydrogen-bond donors (Lipinski definition) is 0. The van der Waals surface area contributed by atoms with Crippen LogP contribution in [0.3, 0.4) is 0 Å². The highest BCUT2D eigenvalue weighted by Crippen LogP contribution is 2.40. The third-order valence-electron chi connectivity index (χ3n) is 4.67. The first kappa shape index (κ1) is 16.7. The molecule has 0 aliphatic carbocycles. The minimum Gasteiger partial charge on any atom is -0.472 e. The average molecular weight is 326 g/mol. The molecule has 0 spiro atoms. The lowest BCUT2D eigenvalue weighted by atomic mass is 9.73. The Morgan fingerprint density at radius 2 is 1.54 bits per heavy atom. The molecule has 0 N–H and O–H groups in total. The van der Waals surface area contributed by atoms with Crippen molar-refractivity contribution in [3.63, 3.8) is 0 Å². The zero-order chi connectivity index (χ0) is 17.7. The van der Waals surface area contributed by atoms with Gasteiger partial charge in [-0.2, -0.15) is 0 Å². The third kappa shape index (κ3) is 2.61. The van der Waals surface area contributed by atoms with Crippen LogP contribution in [0.4, 0.5) is 0 Å². The Morgan fingerprint density at radius 1 is 0.917 bits per heavy atom. The second kappa shape index (κ2) is 5.42. The highest BCUT2D eigenvalue weighted by molar-refractivity contribution is 6.15. The van der Waals surface area contributed by atoms with E-state index in [1.807, 2.05) is 31.2 Å². The first-order valence-electron chi connectivity index (χ1n) is 8.05. The first-order chi connectivity index (χ1) is 11.1. The molecule has 0 saturated carbocycles. The number of carbonyl (C=O) groups is 2. The van der Waals surface area contributed by atoms with Crippen molar-refractivity contribution in [2.24, 2.45) is 0 Å². The number of furan rings is 1. The molecule has 0 radical (unpaired) electrons. The van der Waals surface area contributed by atoms with Crippen LogP contribution in [-0.4, -0.2) is 22.8 Å². The Morgan fingerprint density at radius 3 is 2.08 bits per heavy atom. The lowest BCUT2D eigenvalue weighted by Crippen LogP contribution is -2.58. The van der Waals surface area contributed by atoms with Gasteiger partial charge in [0.25, 0.3) is 0 Å². The molecule has 126 valence electrons. The van der Waals surface area contributed by atoms with Crippen LogP contribution in [0.1, 0.15) is 44.7 Å². The predicted molar refractivity (Wildman–Crippen MR) is 90.9 cm³/mol. The molecule has 1 aromatic heterocycles. The molecular formula is C20H22O4. The highest BCUT2D eigenvalue weighted by atomic mass is 16.5. The quantitative estimate of drug-likeness (QED) is 0.781. The van der Waals surface area contributed by atoms with Crippen molar-refractivity contribution in [1.82, 2.24) is 0 Å². The topological polar surface area (TPSA) is 56.5 Å². The molecule has 2 heterocycles. The van der Waals surface area contributed by atoms with Crippen molar-refractivity contribution in [3.05, 3.63) is 47.9 Å². The van der Waals surface area contributed by atoms with Gasteiger partial charge in [0.1, 0.15) is 17.1 Å². The number of ketones is 2. The molecule has 4 heteroatoms. The number of aryl methyl sites for hydroxylation is 1. The van der Waals surface area contributed by atoms with Gasteiger partial charge in [-0.3, -0.25) is 9.59 Å². The first-order valence-corrected chi connectivity index (χ1v) is 8.05. The fourth-order valence-corrected chi connectivity index (χ4v) is 3.39. The van der Waals surface area contributed by atoms with E-state index in [0.717, 1.165) is 22.3 Å². The van der Waals surface area contributed by atoms with Gasteiger partial charge in [-0.1, -0.05) is 12.1 Å². The summed E-state index contributed by atoms with van der Waals surface area (Å²) in [4.78, 5) is 25.9. The molecule has 0 amide bonds. The maximum Gasteiger partial charge on any atom is 0.179 e. The molecule has 1 aliphatic heterocycles. The zero-order valence-electron chi connectivity index (χ0n) is 14.7. The van der Waals surface area contributed by atoms with Crippen LogP contribution in [-0.2, 0) is 14.3 Å². The lowest BCUT2D eigenvalue weighted by Gasteiger charge is -2.43. The maximum atomic E-state index is 12.9. The van der Waals surface area contributed by atoms with Crippen molar-refractivity contribution in [1.29, 1.82) is 0 Å². The molecule has 1 saturated heterocycles. The third-order valence-corrected chi connectivity index (χ3v) is 4.67. The maximum absolute atomic E-state index is 12.9. The number of benzene rings is 1. The van der Waals surface area contributed by atoms with Crippen LogP contribution < -0.4 is 0 Å². The van der Waals surface area contributed by atoms with Crippen LogP contribution in [0.25, 0.3) is 11.1 Å². The molecule has 0 bridgehead atoms. The second-order valence-corrected chi connectivity index (χ2v) is 7.37. The Bertz CT molecular complexity index is 771. The minimum atomic E-state index is -1.000. The van der Waals surface area contributed by atoms with Gasteiger partial charge in [0.2, 0.25) is 0 Å². The predicted octanol–water partition coefficient (Wildman–Crippen LogP) is 4.06. The fourth-order valence-electron chi connectivity index (χ4n) is 3.39. The van der Waals surface area contributed by atoms with Crippen molar-refractivity contribution in [2.45, 2.75) is 51.7 Å². The minimum absolute atomic E-state index is 0.195. The van der Waals surface area contributed by atoms with E-state index < -0.39 is 17.1 Å². The summed E-state index contributed by atoms with van der Waals surface area (Å²) in [7, 11) is 0. The monoisotopic (exact) mass is 326 g/mol. The summed E-state index contributed by atoms with van der Waals surface area (Å²) < 4.78 is 10.9. The molecule has 3 rings (SSSR count). The summed E-state index contributed by atoms with van der Waals surface area (Å²) in [6, 6.07) is 7.68. The van der Waals surface area contributed by atoms with E-state index in [2.05, 4.69) is 0 Å². The summed E-state index contributed by atoms with van der Waals surface area (Å²) in [5, 5.41) is 0. The summed E-state index contributed by atoms with van der Waals surface area (Å²) in [5.74, 6) is -1.20. The number of ether oxygens (including phenoxy) is 1. The Labute approximate surface area is 141 Å². The van der Waals surface area contributed by atoms with Crippen molar-refractivity contribution < 1.29 is 18.7 Å². The normalized spacial score (nSPS) is 20.4. The molecule has 1 fully saturated rings. The number of hydrogen-bond acceptors (Lipinski definition) is 4. The Balaban J connectivity index is 2.14. The largest absolute Gasteiger partial charge is 0.472 e. The molecule has 0 unspecified atom stereocenters. The van der Waals surface area contributed by atoms with E-state index >= 15 is 0 Å². The zero-order valence-corrected chi connectivity index (χ0v) is 14.7. The summed E-state index contributed by atoms with van der Waals surface area (Å²) in [6.07, 6.45) is 3.25. The van der Waals surface area contributed by atoms with Crippen LogP contribution in [0, 0.1) is 6.92 Å². The lowest BCUT2D eigenvalue weighted by molar-refractivity contribution is -0.184.